The number of carbonyl (C=O) groups excluding carboxylic acids is 1. The topological polar surface area (TPSA) is 103 Å². The second-order valence-corrected chi connectivity index (χ2v) is 6.97. The van der Waals surface area contributed by atoms with Crippen molar-refractivity contribution in [1.29, 1.82) is 0 Å². The molecule has 1 aromatic carbocycles. The second kappa shape index (κ2) is 8.87. The number of fused-ring (bicyclic) bond motifs is 1. The highest BCUT2D eigenvalue weighted by Gasteiger charge is 2.18. The molecule has 2 aromatic heterocycles. The van der Waals surface area contributed by atoms with Gasteiger partial charge in [0.05, 0.1) is 6.33 Å². The van der Waals surface area contributed by atoms with Crippen molar-refractivity contribution >= 4 is 17.1 Å². The van der Waals surface area contributed by atoms with Crippen LogP contribution in [-0.4, -0.2) is 31.1 Å². The van der Waals surface area contributed by atoms with Gasteiger partial charge in [0.2, 0.25) is 5.91 Å². The van der Waals surface area contributed by atoms with E-state index >= 15 is 0 Å². The Kier molecular flexibility index (Phi) is 6.28. The van der Waals surface area contributed by atoms with Crippen LogP contribution in [0, 0.1) is 0 Å². The zero-order chi connectivity index (χ0) is 21.0. The Labute approximate surface area is 168 Å². The van der Waals surface area contributed by atoms with Gasteiger partial charge in [-0.15, -0.1) is 0 Å². The summed E-state index contributed by atoms with van der Waals surface area (Å²) in [5.41, 5.74) is 0.493. The lowest BCUT2D eigenvalue weighted by Gasteiger charge is -2.21. The molecule has 1 atom stereocenters. The molecular weight excluding hydrogens is 372 g/mol. The van der Waals surface area contributed by atoms with Crippen LogP contribution < -0.4 is 21.9 Å². The van der Waals surface area contributed by atoms with Gasteiger partial charge in [-0.3, -0.25) is 24.0 Å². The van der Waals surface area contributed by atoms with E-state index in [2.05, 4.69) is 22.5 Å². The van der Waals surface area contributed by atoms with E-state index in [4.69, 9.17) is 0 Å². The van der Waals surface area contributed by atoms with Gasteiger partial charge in [0.25, 0.3) is 5.56 Å². The number of amides is 1. The summed E-state index contributed by atoms with van der Waals surface area (Å²) in [7, 11) is 2.95. The number of hydrogen-bond acceptors (Lipinski definition) is 5. The molecule has 9 heteroatoms. The fourth-order valence-corrected chi connectivity index (χ4v) is 3.20. The van der Waals surface area contributed by atoms with Gasteiger partial charge in [-0.25, -0.2) is 9.78 Å². The number of carbonyl (C=O) groups is 1. The summed E-state index contributed by atoms with van der Waals surface area (Å²) in [6.07, 6.45) is 3.12. The minimum atomic E-state index is -0.478. The number of aromatic nitrogens is 4. The third kappa shape index (κ3) is 4.29. The zero-order valence-electron chi connectivity index (χ0n) is 16.9. The van der Waals surface area contributed by atoms with E-state index < -0.39 is 11.2 Å². The van der Waals surface area contributed by atoms with E-state index in [1.807, 2.05) is 30.3 Å². The van der Waals surface area contributed by atoms with Gasteiger partial charge < -0.3 is 9.88 Å². The van der Waals surface area contributed by atoms with Gasteiger partial charge in [-0.2, -0.15) is 0 Å². The smallest absolute Gasteiger partial charge is 0.332 e. The molecule has 1 amide bonds. The van der Waals surface area contributed by atoms with E-state index in [0.717, 1.165) is 29.5 Å². The molecule has 0 saturated heterocycles. The maximum atomic E-state index is 12.7. The number of imidazole rings is 1. The molecule has 29 heavy (non-hydrogen) atoms. The monoisotopic (exact) mass is 398 g/mol. The molecule has 0 aliphatic carbocycles. The highest BCUT2D eigenvalue weighted by molar-refractivity contribution is 5.79. The fourth-order valence-electron chi connectivity index (χ4n) is 3.20. The minimum absolute atomic E-state index is 0.0806. The van der Waals surface area contributed by atoms with E-state index in [1.165, 1.54) is 22.5 Å². The molecule has 3 aromatic rings. The van der Waals surface area contributed by atoms with E-state index in [0.29, 0.717) is 0 Å². The average Bonchev–Trinajstić information content (AvgIpc) is 3.14. The van der Waals surface area contributed by atoms with Gasteiger partial charge in [0, 0.05) is 14.1 Å². The normalized spacial score (nSPS) is 12.2. The molecule has 0 fully saturated rings. The molecule has 0 spiro atoms. The Morgan fingerprint density at radius 1 is 1.14 bits per heavy atom. The van der Waals surface area contributed by atoms with Crippen molar-refractivity contribution in [2.75, 3.05) is 6.54 Å². The number of hydrogen-bond donors (Lipinski definition) is 2. The molecule has 0 saturated carbocycles. The van der Waals surface area contributed by atoms with Crippen LogP contribution in [0.3, 0.4) is 0 Å². The summed E-state index contributed by atoms with van der Waals surface area (Å²) in [6, 6.07) is 9.66. The van der Waals surface area contributed by atoms with Gasteiger partial charge in [0.15, 0.2) is 11.2 Å². The second-order valence-electron chi connectivity index (χ2n) is 6.97. The summed E-state index contributed by atoms with van der Waals surface area (Å²) in [6.45, 7) is 2.80. The van der Waals surface area contributed by atoms with Crippen LogP contribution in [-0.2, 0) is 25.4 Å². The van der Waals surface area contributed by atoms with Crippen LogP contribution in [0.4, 0.5) is 0 Å². The van der Waals surface area contributed by atoms with Crippen molar-refractivity contribution in [2.45, 2.75) is 32.5 Å². The highest BCUT2D eigenvalue weighted by atomic mass is 16.2. The molecule has 2 N–H and O–H groups in total. The van der Waals surface area contributed by atoms with Crippen molar-refractivity contribution in [3.63, 3.8) is 0 Å². The fraction of sp³-hybridized carbons (Fsp3) is 0.400. The molecule has 154 valence electrons. The number of benzene rings is 1. The van der Waals surface area contributed by atoms with Gasteiger partial charge in [-0.1, -0.05) is 43.7 Å². The maximum Gasteiger partial charge on any atom is 0.332 e. The molecule has 9 nitrogen and oxygen atoms in total. The van der Waals surface area contributed by atoms with Gasteiger partial charge in [0.1, 0.15) is 12.7 Å². The summed E-state index contributed by atoms with van der Waals surface area (Å²) in [5, 5.41) is 6.33. The lowest BCUT2D eigenvalue weighted by atomic mass is 10.1. The first-order valence-corrected chi connectivity index (χ1v) is 9.62. The molecule has 0 aliphatic heterocycles. The molecule has 0 radical (unpaired) electrons. The van der Waals surface area contributed by atoms with Gasteiger partial charge in [-0.05, 0) is 18.5 Å². The van der Waals surface area contributed by atoms with Crippen molar-refractivity contribution in [1.82, 2.24) is 29.3 Å². The average molecular weight is 398 g/mol. The molecule has 3 rings (SSSR count). The summed E-state index contributed by atoms with van der Waals surface area (Å²) in [5.74, 6) is -0.266. The van der Waals surface area contributed by atoms with Crippen LogP contribution in [0.2, 0.25) is 0 Å². The Bertz CT molecular complexity index is 1110. The predicted molar refractivity (Wildman–Crippen MR) is 110 cm³/mol. The molecular formula is C20H26N6O3. The lowest BCUT2D eigenvalue weighted by Crippen LogP contribution is -2.41. The maximum absolute atomic E-state index is 12.7. The van der Waals surface area contributed by atoms with Crippen LogP contribution in [0.5, 0.6) is 0 Å². The first-order chi connectivity index (χ1) is 13.9. The summed E-state index contributed by atoms with van der Waals surface area (Å²) < 4.78 is 3.78. The van der Waals surface area contributed by atoms with Crippen LogP contribution in [0.25, 0.3) is 11.2 Å². The van der Waals surface area contributed by atoms with Crippen molar-refractivity contribution in [2.24, 2.45) is 14.1 Å². The quantitative estimate of drug-likeness (QED) is 0.428. The number of unbranched alkanes of at least 4 members (excludes halogenated alkanes) is 1. The van der Waals surface area contributed by atoms with Gasteiger partial charge >= 0.3 is 5.69 Å². The van der Waals surface area contributed by atoms with Crippen molar-refractivity contribution in [3.05, 3.63) is 63.1 Å². The van der Waals surface area contributed by atoms with Crippen molar-refractivity contribution in [3.8, 4) is 0 Å². The minimum Gasteiger partial charge on any atom is -0.335 e. The third-order valence-electron chi connectivity index (χ3n) is 4.85. The van der Waals surface area contributed by atoms with Crippen molar-refractivity contribution < 1.29 is 4.79 Å². The Balaban J connectivity index is 1.83. The lowest BCUT2D eigenvalue weighted by molar-refractivity contribution is -0.122. The number of nitrogens with one attached hydrogen (secondary N) is 2. The van der Waals surface area contributed by atoms with E-state index in [1.54, 1.807) is 7.05 Å². The molecule has 0 aliphatic rings. The molecule has 1 unspecified atom stereocenters. The standard InChI is InChI=1S/C20H26N6O3/c1-4-5-11-21-17(14-9-7-6-8-10-14)23-15(27)12-26-13-22-18-16(26)19(28)25(3)20(29)24(18)2/h6-10,13,17,21H,4-5,11-12H2,1-3H3,(H,23,27). The number of nitrogens with zero attached hydrogens (tertiary/aromatic N) is 4. The number of aryl methyl sites for hydroxylation is 1. The van der Waals surface area contributed by atoms with Crippen LogP contribution in [0.1, 0.15) is 31.5 Å². The summed E-state index contributed by atoms with van der Waals surface area (Å²) >= 11 is 0. The molecule has 0 bridgehead atoms. The van der Waals surface area contributed by atoms with Crippen LogP contribution >= 0.6 is 0 Å². The van der Waals surface area contributed by atoms with Crippen LogP contribution in [0.15, 0.2) is 46.2 Å². The highest BCUT2D eigenvalue weighted by Crippen LogP contribution is 2.11. The Morgan fingerprint density at radius 2 is 1.86 bits per heavy atom. The SMILES string of the molecule is CCCCNC(NC(=O)Cn1cnc2c1c(=O)n(C)c(=O)n2C)c1ccccc1. The Morgan fingerprint density at radius 3 is 2.55 bits per heavy atom. The van der Waals surface area contributed by atoms with E-state index in [-0.39, 0.29) is 29.8 Å². The zero-order valence-corrected chi connectivity index (χ0v) is 16.9. The largest absolute Gasteiger partial charge is 0.335 e. The Hall–Kier alpha value is -3.20. The predicted octanol–water partition coefficient (Wildman–Crippen LogP) is 0.638. The number of rotatable bonds is 8. The molecule has 2 heterocycles. The summed E-state index contributed by atoms with van der Waals surface area (Å²) in [4.78, 5) is 41.5. The first kappa shape index (κ1) is 20.5. The third-order valence-corrected chi connectivity index (χ3v) is 4.85. The first-order valence-electron chi connectivity index (χ1n) is 9.62. The van der Waals surface area contributed by atoms with E-state index in [9.17, 15) is 14.4 Å².